The van der Waals surface area contributed by atoms with Crippen molar-refractivity contribution < 1.29 is 14.3 Å². The summed E-state index contributed by atoms with van der Waals surface area (Å²) in [6.45, 7) is 7.73. The molecule has 18 heavy (non-hydrogen) atoms. The molecule has 5 heteroatoms. The number of methoxy groups -OCH3 is 2. The van der Waals surface area contributed by atoms with Crippen LogP contribution in [0, 0.1) is 0 Å². The molecule has 1 heterocycles. The molecule has 1 rings (SSSR count). The van der Waals surface area contributed by atoms with Crippen molar-refractivity contribution in [2.45, 2.75) is 38.3 Å². The van der Waals surface area contributed by atoms with Gasteiger partial charge in [0.05, 0.1) is 12.7 Å². The monoisotopic (exact) mass is 258 g/mol. The molecule has 1 fully saturated rings. The number of carbonyl (C=O) groups is 1. The lowest BCUT2D eigenvalue weighted by Gasteiger charge is -2.34. The van der Waals surface area contributed by atoms with Crippen molar-refractivity contribution in [3.05, 3.63) is 0 Å². The van der Waals surface area contributed by atoms with Crippen molar-refractivity contribution in [1.29, 1.82) is 0 Å². The summed E-state index contributed by atoms with van der Waals surface area (Å²) in [4.78, 5) is 14.2. The molecule has 0 bridgehead atoms. The third kappa shape index (κ3) is 4.55. The molecule has 1 unspecified atom stereocenters. The number of rotatable bonds is 5. The molecule has 1 saturated heterocycles. The number of carbonyl (C=O) groups excluding carboxylic acids is 1. The summed E-state index contributed by atoms with van der Waals surface area (Å²) < 4.78 is 10.4. The molecule has 0 aromatic heterocycles. The first-order valence-electron chi connectivity index (χ1n) is 6.58. The Bertz CT molecular complexity index is 261. The van der Waals surface area contributed by atoms with E-state index in [0.717, 1.165) is 32.6 Å². The molecule has 0 aliphatic carbocycles. The standard InChI is InChI=1S/C13H26N2O3/c1-13(2,18-4)10-11(12(16)17-3)15-8-5-6-14-7-9-15/h11,14H,5-10H2,1-4H3. The second-order valence-corrected chi connectivity index (χ2v) is 5.35. The van der Waals surface area contributed by atoms with Gasteiger partial charge in [0.2, 0.25) is 0 Å². The molecule has 1 aliphatic rings. The van der Waals surface area contributed by atoms with E-state index in [0.29, 0.717) is 6.42 Å². The zero-order chi connectivity index (χ0) is 13.6. The van der Waals surface area contributed by atoms with Gasteiger partial charge < -0.3 is 14.8 Å². The van der Waals surface area contributed by atoms with E-state index in [1.165, 1.54) is 7.11 Å². The second-order valence-electron chi connectivity index (χ2n) is 5.35. The predicted octanol–water partition coefficient (Wildman–Crippen LogP) is 0.638. The van der Waals surface area contributed by atoms with Gasteiger partial charge in [-0.2, -0.15) is 0 Å². The summed E-state index contributed by atoms with van der Waals surface area (Å²) in [5.41, 5.74) is -0.321. The summed E-state index contributed by atoms with van der Waals surface area (Å²) in [7, 11) is 3.13. The van der Waals surface area contributed by atoms with Gasteiger partial charge in [-0.05, 0) is 26.8 Å². The molecule has 5 nitrogen and oxygen atoms in total. The Morgan fingerprint density at radius 1 is 1.33 bits per heavy atom. The maximum atomic E-state index is 12.0. The molecular weight excluding hydrogens is 232 g/mol. The van der Waals surface area contributed by atoms with Crippen molar-refractivity contribution in [2.75, 3.05) is 40.4 Å². The first kappa shape index (κ1) is 15.4. The third-order valence-corrected chi connectivity index (χ3v) is 3.53. The highest BCUT2D eigenvalue weighted by Crippen LogP contribution is 2.20. The van der Waals surface area contributed by atoms with Gasteiger partial charge in [0.25, 0.3) is 0 Å². The van der Waals surface area contributed by atoms with Gasteiger partial charge in [0.15, 0.2) is 0 Å². The van der Waals surface area contributed by atoms with Crippen LogP contribution >= 0.6 is 0 Å². The normalized spacial score (nSPS) is 20.2. The minimum Gasteiger partial charge on any atom is -0.468 e. The molecule has 0 saturated carbocycles. The maximum Gasteiger partial charge on any atom is 0.323 e. The van der Waals surface area contributed by atoms with Crippen molar-refractivity contribution in [1.82, 2.24) is 10.2 Å². The minimum atomic E-state index is -0.321. The number of esters is 1. The van der Waals surface area contributed by atoms with Crippen LogP contribution in [0.15, 0.2) is 0 Å². The minimum absolute atomic E-state index is 0.165. The van der Waals surface area contributed by atoms with Gasteiger partial charge in [-0.1, -0.05) is 0 Å². The largest absolute Gasteiger partial charge is 0.468 e. The molecule has 0 aromatic rings. The van der Waals surface area contributed by atoms with Gasteiger partial charge in [0, 0.05) is 33.2 Å². The Morgan fingerprint density at radius 2 is 2.06 bits per heavy atom. The number of nitrogens with zero attached hydrogens (tertiary/aromatic N) is 1. The van der Waals surface area contributed by atoms with Crippen LogP contribution in [-0.4, -0.2) is 62.9 Å². The zero-order valence-electron chi connectivity index (χ0n) is 12.0. The molecule has 0 amide bonds. The summed E-state index contributed by atoms with van der Waals surface area (Å²) in [5.74, 6) is -0.165. The Balaban J connectivity index is 2.73. The second kappa shape index (κ2) is 7.07. The lowest BCUT2D eigenvalue weighted by molar-refractivity contribution is -0.149. The number of hydrogen-bond acceptors (Lipinski definition) is 5. The number of ether oxygens (including phenoxy) is 2. The molecule has 0 spiro atoms. The lowest BCUT2D eigenvalue weighted by atomic mass is 9.97. The number of nitrogens with one attached hydrogen (secondary N) is 1. The average Bonchev–Trinajstić information content (AvgIpc) is 2.64. The molecule has 1 N–H and O–H groups in total. The van der Waals surface area contributed by atoms with Gasteiger partial charge in [-0.3, -0.25) is 9.69 Å². The Hall–Kier alpha value is -0.650. The lowest BCUT2D eigenvalue weighted by Crippen LogP contribution is -2.47. The summed E-state index contributed by atoms with van der Waals surface area (Å²) in [6, 6.07) is -0.218. The first-order chi connectivity index (χ1) is 8.50. The smallest absolute Gasteiger partial charge is 0.323 e. The fraction of sp³-hybridized carbons (Fsp3) is 0.923. The van der Waals surface area contributed by atoms with E-state index in [1.54, 1.807) is 7.11 Å². The zero-order valence-corrected chi connectivity index (χ0v) is 12.0. The van der Waals surface area contributed by atoms with Crippen molar-refractivity contribution in [3.63, 3.8) is 0 Å². The molecule has 1 aliphatic heterocycles. The summed E-state index contributed by atoms with van der Waals surface area (Å²) in [6.07, 6.45) is 1.71. The van der Waals surface area contributed by atoms with E-state index in [9.17, 15) is 4.79 Å². The molecule has 1 atom stereocenters. The molecular formula is C13H26N2O3. The van der Waals surface area contributed by atoms with E-state index < -0.39 is 0 Å². The van der Waals surface area contributed by atoms with Crippen molar-refractivity contribution in [2.24, 2.45) is 0 Å². The van der Waals surface area contributed by atoms with Crippen LogP contribution in [0.25, 0.3) is 0 Å². The molecule has 106 valence electrons. The Morgan fingerprint density at radius 3 is 2.67 bits per heavy atom. The van der Waals surface area contributed by atoms with Crippen LogP contribution in [0.2, 0.25) is 0 Å². The highest BCUT2D eigenvalue weighted by atomic mass is 16.5. The van der Waals surface area contributed by atoms with E-state index in [1.807, 2.05) is 13.8 Å². The van der Waals surface area contributed by atoms with Crippen LogP contribution in [0.3, 0.4) is 0 Å². The van der Waals surface area contributed by atoms with E-state index >= 15 is 0 Å². The average molecular weight is 258 g/mol. The fourth-order valence-electron chi connectivity index (χ4n) is 2.22. The predicted molar refractivity (Wildman–Crippen MR) is 70.6 cm³/mol. The summed E-state index contributed by atoms with van der Waals surface area (Å²) in [5, 5.41) is 3.34. The topological polar surface area (TPSA) is 50.8 Å². The van der Waals surface area contributed by atoms with E-state index in [2.05, 4.69) is 10.2 Å². The Kier molecular flexibility index (Phi) is 6.05. The highest BCUT2D eigenvalue weighted by Gasteiger charge is 2.33. The SMILES string of the molecule is COC(=O)C(CC(C)(C)OC)N1CCCNCC1. The summed E-state index contributed by atoms with van der Waals surface area (Å²) >= 11 is 0. The third-order valence-electron chi connectivity index (χ3n) is 3.53. The quantitative estimate of drug-likeness (QED) is 0.733. The fourth-order valence-corrected chi connectivity index (χ4v) is 2.22. The van der Waals surface area contributed by atoms with Gasteiger partial charge in [-0.15, -0.1) is 0 Å². The van der Waals surface area contributed by atoms with Gasteiger partial charge in [-0.25, -0.2) is 0 Å². The highest BCUT2D eigenvalue weighted by molar-refractivity contribution is 5.75. The van der Waals surface area contributed by atoms with Gasteiger partial charge in [0.1, 0.15) is 6.04 Å². The van der Waals surface area contributed by atoms with E-state index in [-0.39, 0.29) is 17.6 Å². The van der Waals surface area contributed by atoms with Gasteiger partial charge >= 0.3 is 5.97 Å². The van der Waals surface area contributed by atoms with Crippen LogP contribution in [-0.2, 0) is 14.3 Å². The van der Waals surface area contributed by atoms with Crippen LogP contribution in [0.4, 0.5) is 0 Å². The maximum absolute atomic E-state index is 12.0. The molecule has 0 radical (unpaired) electrons. The molecule has 0 aromatic carbocycles. The number of hydrogen-bond donors (Lipinski definition) is 1. The first-order valence-corrected chi connectivity index (χ1v) is 6.58. The Labute approximate surface area is 110 Å². The van der Waals surface area contributed by atoms with Crippen LogP contribution < -0.4 is 5.32 Å². The van der Waals surface area contributed by atoms with Crippen LogP contribution in [0.5, 0.6) is 0 Å². The van der Waals surface area contributed by atoms with Crippen molar-refractivity contribution in [3.8, 4) is 0 Å². The van der Waals surface area contributed by atoms with E-state index in [4.69, 9.17) is 9.47 Å². The van der Waals surface area contributed by atoms with Crippen molar-refractivity contribution >= 4 is 5.97 Å². The van der Waals surface area contributed by atoms with Crippen LogP contribution in [0.1, 0.15) is 26.7 Å².